The minimum absolute atomic E-state index is 0.154. The van der Waals surface area contributed by atoms with Gasteiger partial charge in [0.15, 0.2) is 15.6 Å². The third-order valence-electron chi connectivity index (χ3n) is 4.11. The molecule has 2 N–H and O–H groups in total. The Balaban J connectivity index is 2.04. The van der Waals surface area contributed by atoms with E-state index in [-0.39, 0.29) is 34.4 Å². The van der Waals surface area contributed by atoms with E-state index in [1.807, 2.05) is 5.32 Å². The van der Waals surface area contributed by atoms with Crippen LogP contribution in [-0.4, -0.2) is 37.0 Å². The van der Waals surface area contributed by atoms with Gasteiger partial charge in [0.05, 0.1) is 16.9 Å². The van der Waals surface area contributed by atoms with Gasteiger partial charge in [0, 0.05) is 16.8 Å². The molecule has 0 saturated carbocycles. The second-order valence-corrected chi connectivity index (χ2v) is 8.06. The van der Waals surface area contributed by atoms with E-state index in [9.17, 15) is 36.3 Å². The Kier molecular flexibility index (Phi) is 4.19. The summed E-state index contributed by atoms with van der Waals surface area (Å²) in [5.74, 6) is -3.25. The van der Waals surface area contributed by atoms with E-state index in [4.69, 9.17) is 4.42 Å². The molecule has 7 nitrogen and oxygen atoms in total. The average molecular weight is 403 g/mol. The lowest BCUT2D eigenvalue weighted by molar-refractivity contribution is -0.242. The Hall–Kier alpha value is -2.66. The number of fused-ring (bicyclic) bond motifs is 2. The fourth-order valence-electron chi connectivity index (χ4n) is 2.49. The molecule has 1 aliphatic heterocycles. The molecule has 0 spiro atoms. The predicted octanol–water partition coefficient (Wildman–Crippen LogP) is 2.05. The summed E-state index contributed by atoms with van der Waals surface area (Å²) in [5, 5.41) is 11.2. The number of aliphatic hydroxyl groups is 1. The van der Waals surface area contributed by atoms with Gasteiger partial charge in [-0.05, 0) is 31.2 Å². The molecule has 1 unspecified atom stereocenters. The number of nitrogens with one attached hydrogen (secondary N) is 1. The topological polar surface area (TPSA) is 114 Å². The molecule has 2 heterocycles. The van der Waals surface area contributed by atoms with Gasteiger partial charge in [-0.15, -0.1) is 0 Å². The van der Waals surface area contributed by atoms with Gasteiger partial charge in [-0.1, -0.05) is 0 Å². The van der Waals surface area contributed by atoms with E-state index in [2.05, 4.69) is 0 Å². The molecule has 1 amide bonds. The van der Waals surface area contributed by atoms with Crippen LogP contribution in [0.15, 0.2) is 39.8 Å². The van der Waals surface area contributed by atoms with Gasteiger partial charge in [-0.2, -0.15) is 13.2 Å². The van der Waals surface area contributed by atoms with Crippen molar-refractivity contribution in [2.24, 2.45) is 0 Å². The van der Waals surface area contributed by atoms with Crippen LogP contribution in [0.2, 0.25) is 0 Å². The quantitative estimate of drug-likeness (QED) is 0.794. The fraction of sp³-hybridized carbons (Fsp3) is 0.250. The molecule has 0 radical (unpaired) electrons. The Bertz CT molecular complexity index is 1050. The van der Waals surface area contributed by atoms with Crippen molar-refractivity contribution in [3.63, 3.8) is 0 Å². The molecule has 27 heavy (non-hydrogen) atoms. The summed E-state index contributed by atoms with van der Waals surface area (Å²) in [6, 6.07) is 4.30. The van der Waals surface area contributed by atoms with E-state index in [1.165, 1.54) is 6.07 Å². The van der Waals surface area contributed by atoms with Gasteiger partial charge in [0.1, 0.15) is 0 Å². The van der Waals surface area contributed by atoms with Crippen molar-refractivity contribution < 1.29 is 40.7 Å². The molecule has 1 aromatic carbocycles. The van der Waals surface area contributed by atoms with Crippen LogP contribution in [-0.2, 0) is 20.4 Å². The number of carbonyl (C=O) groups is 2. The van der Waals surface area contributed by atoms with Crippen molar-refractivity contribution in [3.8, 4) is 0 Å². The van der Waals surface area contributed by atoms with Crippen molar-refractivity contribution in [2.75, 3.05) is 5.32 Å². The van der Waals surface area contributed by atoms with E-state index in [0.717, 1.165) is 24.5 Å². The minimum Gasteiger partial charge on any atom is -0.461 e. The lowest BCUT2D eigenvalue weighted by Crippen LogP contribution is -2.52. The van der Waals surface area contributed by atoms with Crippen LogP contribution >= 0.6 is 0 Å². The normalized spacial score (nSPS) is 18.0. The van der Waals surface area contributed by atoms with Crippen molar-refractivity contribution in [3.05, 3.63) is 47.4 Å². The van der Waals surface area contributed by atoms with Gasteiger partial charge in [-0.3, -0.25) is 9.59 Å². The average Bonchev–Trinajstić information content (AvgIpc) is 2.97. The van der Waals surface area contributed by atoms with E-state index in [0.29, 0.717) is 0 Å². The van der Waals surface area contributed by atoms with Crippen molar-refractivity contribution in [1.29, 1.82) is 0 Å². The van der Waals surface area contributed by atoms with E-state index in [1.54, 1.807) is 0 Å². The molecule has 0 fully saturated rings. The van der Waals surface area contributed by atoms with Gasteiger partial charge in [0.2, 0.25) is 11.4 Å². The number of rotatable bonds is 2. The highest BCUT2D eigenvalue weighted by atomic mass is 32.2. The third-order valence-corrected chi connectivity index (χ3v) is 5.83. The molecule has 0 aliphatic carbocycles. The number of alkyl halides is 3. The Labute approximate surface area is 150 Å². The standard InChI is InChI=1S/C16H12F3NO6S/c1-15(23,16(17,18)19)14(22)20-9-2-3-11-10(6-9)12(21)13-8(4-5-26-13)7-27(11,24)25/h2-6,23H,7H2,1H3,(H,20,22). The zero-order chi connectivity index (χ0) is 20.2. The summed E-state index contributed by atoms with van der Waals surface area (Å²) in [6.45, 7) is 0.274. The zero-order valence-corrected chi connectivity index (χ0v) is 14.4. The number of hydrogen-bond acceptors (Lipinski definition) is 6. The summed E-state index contributed by atoms with van der Waals surface area (Å²) in [6.07, 6.45) is -4.08. The van der Waals surface area contributed by atoms with Crippen LogP contribution in [0.3, 0.4) is 0 Å². The van der Waals surface area contributed by atoms with Gasteiger partial charge < -0.3 is 14.8 Å². The highest BCUT2D eigenvalue weighted by Gasteiger charge is 2.55. The van der Waals surface area contributed by atoms with Crippen LogP contribution in [0, 0.1) is 0 Å². The maximum atomic E-state index is 12.8. The number of amides is 1. The zero-order valence-electron chi connectivity index (χ0n) is 13.6. The highest BCUT2D eigenvalue weighted by molar-refractivity contribution is 7.90. The van der Waals surface area contributed by atoms with Crippen molar-refractivity contribution >= 4 is 27.2 Å². The molecule has 0 bridgehead atoms. The number of benzene rings is 1. The smallest absolute Gasteiger partial charge is 0.426 e. The van der Waals surface area contributed by atoms with Crippen LogP contribution < -0.4 is 5.32 Å². The molecule has 3 rings (SSSR count). The maximum Gasteiger partial charge on any atom is 0.426 e. The predicted molar refractivity (Wildman–Crippen MR) is 84.8 cm³/mol. The van der Waals surface area contributed by atoms with Gasteiger partial charge >= 0.3 is 6.18 Å². The van der Waals surface area contributed by atoms with Gasteiger partial charge in [-0.25, -0.2) is 8.42 Å². The van der Waals surface area contributed by atoms with Crippen LogP contribution in [0.5, 0.6) is 0 Å². The first-order chi connectivity index (χ1) is 12.3. The molecule has 1 aliphatic rings. The number of ketones is 1. The molecule has 1 aromatic heterocycles. The summed E-state index contributed by atoms with van der Waals surface area (Å²) < 4.78 is 68.2. The number of hydrogen-bond donors (Lipinski definition) is 2. The SMILES string of the molecule is CC(O)(C(=O)Nc1ccc2c(c1)C(=O)c1occc1CS2(=O)=O)C(F)(F)F. The monoisotopic (exact) mass is 403 g/mol. The summed E-state index contributed by atoms with van der Waals surface area (Å²) in [7, 11) is -3.91. The van der Waals surface area contributed by atoms with E-state index >= 15 is 0 Å². The summed E-state index contributed by atoms with van der Waals surface area (Å²) >= 11 is 0. The van der Waals surface area contributed by atoms with Crippen molar-refractivity contribution in [1.82, 2.24) is 0 Å². The van der Waals surface area contributed by atoms with Gasteiger partial charge in [0.25, 0.3) is 5.91 Å². The lowest BCUT2D eigenvalue weighted by Gasteiger charge is -2.25. The highest BCUT2D eigenvalue weighted by Crippen LogP contribution is 2.34. The molecule has 11 heteroatoms. The number of halogens is 3. The largest absolute Gasteiger partial charge is 0.461 e. The molecule has 2 aromatic rings. The lowest BCUT2D eigenvalue weighted by atomic mass is 10.0. The molecule has 144 valence electrons. The third kappa shape index (κ3) is 3.12. The second-order valence-electron chi connectivity index (χ2n) is 6.10. The Morgan fingerprint density at radius 1 is 1.26 bits per heavy atom. The summed E-state index contributed by atoms with van der Waals surface area (Å²) in [4.78, 5) is 24.0. The first-order valence-corrected chi connectivity index (χ1v) is 9.08. The minimum atomic E-state index is -5.23. The number of sulfone groups is 1. The number of carbonyl (C=O) groups excluding carboxylic acids is 2. The molecule has 0 saturated heterocycles. The summed E-state index contributed by atoms with van der Waals surface area (Å²) in [5.41, 5.74) is -4.17. The first-order valence-electron chi connectivity index (χ1n) is 7.43. The molecular formula is C16H12F3NO6S. The first kappa shape index (κ1) is 19.1. The fourth-order valence-corrected chi connectivity index (χ4v) is 4.05. The van der Waals surface area contributed by atoms with Crippen LogP contribution in [0.4, 0.5) is 18.9 Å². The number of anilines is 1. The Morgan fingerprint density at radius 2 is 1.93 bits per heavy atom. The number of furan rings is 1. The van der Waals surface area contributed by atoms with E-state index < -0.39 is 39.1 Å². The Morgan fingerprint density at radius 3 is 2.56 bits per heavy atom. The van der Waals surface area contributed by atoms with Crippen molar-refractivity contribution in [2.45, 2.75) is 29.3 Å². The van der Waals surface area contributed by atoms with Crippen LogP contribution in [0.25, 0.3) is 0 Å². The molecular weight excluding hydrogens is 391 g/mol. The van der Waals surface area contributed by atoms with Crippen LogP contribution in [0.1, 0.15) is 28.6 Å². The maximum absolute atomic E-state index is 12.8. The second kappa shape index (κ2) is 5.92. The molecule has 1 atom stereocenters.